The monoisotopic (exact) mass is 438 g/mol. The van der Waals surface area contributed by atoms with Gasteiger partial charge in [0.1, 0.15) is 5.76 Å². The molecule has 0 saturated heterocycles. The zero-order chi connectivity index (χ0) is 22.4. The molecule has 0 aliphatic rings. The molecule has 0 fully saturated rings. The minimum absolute atomic E-state index is 0.00499. The number of rotatable bonds is 6. The minimum atomic E-state index is -0.579. The predicted octanol–water partition coefficient (Wildman–Crippen LogP) is 4.33. The second-order valence-corrected chi connectivity index (χ2v) is 6.77. The van der Waals surface area contributed by atoms with Crippen LogP contribution in [0.2, 0.25) is 0 Å². The molecule has 0 bridgehead atoms. The van der Waals surface area contributed by atoms with Gasteiger partial charge in [-0.25, -0.2) is 0 Å². The van der Waals surface area contributed by atoms with Crippen LogP contribution in [0.4, 0.5) is 17.1 Å². The van der Waals surface area contributed by atoms with Gasteiger partial charge < -0.3 is 15.1 Å². The van der Waals surface area contributed by atoms with Gasteiger partial charge in [0.05, 0.1) is 4.92 Å². The standard InChI is InChI=1S/C21H18N4O5S/c1-2-19(26)22-14-6-4-7-15(12-14)23-21(31)24-20(27)18-10-9-17(30-18)13-5-3-8-16(11-13)25(28)29/h3-12H,2H2,1H3,(H,22,26)(H2,23,24,27,31). The Bertz CT molecular complexity index is 1160. The molecular formula is C21H18N4O5S. The summed E-state index contributed by atoms with van der Waals surface area (Å²) in [5, 5.41) is 19.1. The van der Waals surface area contributed by atoms with Crippen molar-refractivity contribution in [1.82, 2.24) is 5.32 Å². The van der Waals surface area contributed by atoms with E-state index in [1.165, 1.54) is 24.3 Å². The van der Waals surface area contributed by atoms with Gasteiger partial charge in [-0.3, -0.25) is 25.0 Å². The van der Waals surface area contributed by atoms with Gasteiger partial charge in [-0.15, -0.1) is 0 Å². The van der Waals surface area contributed by atoms with Gasteiger partial charge in [-0.1, -0.05) is 25.1 Å². The first-order chi connectivity index (χ1) is 14.9. The number of thiocarbonyl (C=S) groups is 1. The molecule has 0 spiro atoms. The summed E-state index contributed by atoms with van der Waals surface area (Å²) >= 11 is 5.17. The number of carbonyl (C=O) groups is 2. The lowest BCUT2D eigenvalue weighted by Crippen LogP contribution is -2.33. The molecule has 2 amide bonds. The van der Waals surface area contributed by atoms with Crippen molar-refractivity contribution in [1.29, 1.82) is 0 Å². The second kappa shape index (κ2) is 9.63. The first-order valence-corrected chi connectivity index (χ1v) is 9.63. The first-order valence-electron chi connectivity index (χ1n) is 9.22. The molecule has 3 N–H and O–H groups in total. The molecule has 0 aliphatic heterocycles. The van der Waals surface area contributed by atoms with E-state index < -0.39 is 10.8 Å². The highest BCUT2D eigenvalue weighted by atomic mass is 32.1. The number of carbonyl (C=O) groups excluding carboxylic acids is 2. The van der Waals surface area contributed by atoms with Crippen LogP contribution in [0.3, 0.4) is 0 Å². The van der Waals surface area contributed by atoms with Crippen molar-refractivity contribution in [3.05, 3.63) is 76.5 Å². The molecule has 0 aliphatic carbocycles. The van der Waals surface area contributed by atoms with Crippen molar-refractivity contribution in [2.45, 2.75) is 13.3 Å². The number of nitro benzene ring substituents is 1. The summed E-state index contributed by atoms with van der Waals surface area (Å²) in [7, 11) is 0. The van der Waals surface area contributed by atoms with E-state index in [-0.39, 0.29) is 22.5 Å². The van der Waals surface area contributed by atoms with E-state index in [2.05, 4.69) is 16.0 Å². The highest BCUT2D eigenvalue weighted by molar-refractivity contribution is 7.80. The fraction of sp³-hybridized carbons (Fsp3) is 0.0952. The van der Waals surface area contributed by atoms with Crippen molar-refractivity contribution >= 4 is 46.2 Å². The number of benzene rings is 2. The quantitative estimate of drug-likeness (QED) is 0.297. The Labute approximate surface area is 182 Å². The van der Waals surface area contributed by atoms with Crippen molar-refractivity contribution in [3.8, 4) is 11.3 Å². The van der Waals surface area contributed by atoms with Gasteiger partial charge >= 0.3 is 0 Å². The van der Waals surface area contributed by atoms with E-state index in [1.807, 2.05) is 0 Å². The number of hydrogen-bond donors (Lipinski definition) is 3. The van der Waals surface area contributed by atoms with Gasteiger partial charge in [0, 0.05) is 35.5 Å². The molecule has 0 radical (unpaired) electrons. The van der Waals surface area contributed by atoms with Crippen LogP contribution in [-0.4, -0.2) is 21.9 Å². The molecule has 0 saturated carbocycles. The molecule has 158 valence electrons. The zero-order valence-electron chi connectivity index (χ0n) is 16.4. The average Bonchev–Trinajstić information content (AvgIpc) is 3.24. The fourth-order valence-electron chi connectivity index (χ4n) is 2.64. The lowest BCUT2D eigenvalue weighted by atomic mass is 10.1. The van der Waals surface area contributed by atoms with Crippen LogP contribution in [0, 0.1) is 10.1 Å². The summed E-state index contributed by atoms with van der Waals surface area (Å²) in [4.78, 5) is 34.4. The molecule has 10 heteroatoms. The normalized spacial score (nSPS) is 10.2. The third kappa shape index (κ3) is 5.73. The number of nitro groups is 1. The molecule has 0 unspecified atom stereocenters. The molecular weight excluding hydrogens is 420 g/mol. The summed E-state index contributed by atoms with van der Waals surface area (Å²) in [6.45, 7) is 1.75. The maximum Gasteiger partial charge on any atom is 0.293 e. The Hall–Kier alpha value is -4.05. The smallest absolute Gasteiger partial charge is 0.293 e. The molecule has 1 aromatic heterocycles. The van der Waals surface area contributed by atoms with Gasteiger partial charge in [0.15, 0.2) is 10.9 Å². The van der Waals surface area contributed by atoms with Crippen molar-refractivity contribution in [2.75, 3.05) is 10.6 Å². The van der Waals surface area contributed by atoms with Gasteiger partial charge in [0.25, 0.3) is 11.6 Å². The van der Waals surface area contributed by atoms with Crippen LogP contribution in [0.1, 0.15) is 23.9 Å². The van der Waals surface area contributed by atoms with Crippen LogP contribution >= 0.6 is 12.2 Å². The number of nitrogens with one attached hydrogen (secondary N) is 3. The molecule has 1 heterocycles. The van der Waals surface area contributed by atoms with E-state index >= 15 is 0 Å². The third-order valence-corrected chi connectivity index (χ3v) is 4.33. The fourth-order valence-corrected chi connectivity index (χ4v) is 2.85. The largest absolute Gasteiger partial charge is 0.451 e. The SMILES string of the molecule is CCC(=O)Nc1cccc(NC(=S)NC(=O)c2ccc(-c3cccc([N+](=O)[O-])c3)o2)c1. The van der Waals surface area contributed by atoms with Crippen LogP contribution in [-0.2, 0) is 4.79 Å². The predicted molar refractivity (Wildman–Crippen MR) is 120 cm³/mol. The summed E-state index contributed by atoms with van der Waals surface area (Å²) < 4.78 is 5.52. The van der Waals surface area contributed by atoms with Gasteiger partial charge in [-0.2, -0.15) is 0 Å². The number of nitrogens with zero attached hydrogens (tertiary/aromatic N) is 1. The Morgan fingerprint density at radius 3 is 2.45 bits per heavy atom. The topological polar surface area (TPSA) is 127 Å². The van der Waals surface area contributed by atoms with Crippen molar-refractivity contribution in [3.63, 3.8) is 0 Å². The maximum absolute atomic E-state index is 12.4. The van der Waals surface area contributed by atoms with Crippen LogP contribution in [0.25, 0.3) is 11.3 Å². The highest BCUT2D eigenvalue weighted by Gasteiger charge is 2.15. The van der Waals surface area contributed by atoms with Crippen LogP contribution in [0.15, 0.2) is 65.1 Å². The number of amides is 2. The lowest BCUT2D eigenvalue weighted by molar-refractivity contribution is -0.384. The molecule has 3 aromatic rings. The van der Waals surface area contributed by atoms with E-state index in [0.717, 1.165) is 0 Å². The van der Waals surface area contributed by atoms with Crippen molar-refractivity contribution in [2.24, 2.45) is 0 Å². The minimum Gasteiger partial charge on any atom is -0.451 e. The number of non-ortho nitro benzene ring substituents is 1. The maximum atomic E-state index is 12.4. The Morgan fingerprint density at radius 1 is 1.03 bits per heavy atom. The third-order valence-electron chi connectivity index (χ3n) is 4.12. The summed E-state index contributed by atoms with van der Waals surface area (Å²) in [5.74, 6) is -0.392. The lowest BCUT2D eigenvalue weighted by Gasteiger charge is -2.10. The summed E-state index contributed by atoms with van der Waals surface area (Å²) in [5.41, 5.74) is 1.57. The number of anilines is 2. The average molecular weight is 438 g/mol. The van der Waals surface area contributed by atoms with E-state index in [1.54, 1.807) is 43.3 Å². The zero-order valence-corrected chi connectivity index (χ0v) is 17.2. The van der Waals surface area contributed by atoms with E-state index in [0.29, 0.717) is 29.1 Å². The first kappa shape index (κ1) is 21.7. The Morgan fingerprint density at radius 2 is 1.74 bits per heavy atom. The van der Waals surface area contributed by atoms with Gasteiger partial charge in [-0.05, 0) is 42.5 Å². The van der Waals surface area contributed by atoms with Crippen LogP contribution in [0.5, 0.6) is 0 Å². The molecule has 0 atom stereocenters. The number of hydrogen-bond acceptors (Lipinski definition) is 6. The van der Waals surface area contributed by atoms with Crippen molar-refractivity contribution < 1.29 is 18.9 Å². The summed E-state index contributed by atoms with van der Waals surface area (Å²) in [6, 6.07) is 15.8. The molecule has 9 nitrogen and oxygen atoms in total. The van der Waals surface area contributed by atoms with E-state index in [4.69, 9.17) is 16.6 Å². The van der Waals surface area contributed by atoms with Crippen LogP contribution < -0.4 is 16.0 Å². The molecule has 3 rings (SSSR count). The Balaban J connectivity index is 1.64. The number of furan rings is 1. The summed E-state index contributed by atoms with van der Waals surface area (Å²) in [6.07, 6.45) is 0.355. The van der Waals surface area contributed by atoms with E-state index in [9.17, 15) is 19.7 Å². The molecule has 2 aromatic carbocycles. The highest BCUT2D eigenvalue weighted by Crippen LogP contribution is 2.25. The Kier molecular flexibility index (Phi) is 6.73. The second-order valence-electron chi connectivity index (χ2n) is 6.36. The molecule has 31 heavy (non-hydrogen) atoms. The van der Waals surface area contributed by atoms with Gasteiger partial charge in [0.2, 0.25) is 5.91 Å².